The van der Waals surface area contributed by atoms with E-state index in [1.54, 1.807) is 22.7 Å². The molecule has 7 heteroatoms. The van der Waals surface area contributed by atoms with Gasteiger partial charge in [-0.1, -0.05) is 22.9 Å². The molecule has 4 heterocycles. The van der Waals surface area contributed by atoms with Crippen molar-refractivity contribution in [2.75, 3.05) is 37.3 Å². The maximum absolute atomic E-state index is 6.06. The van der Waals surface area contributed by atoms with Gasteiger partial charge in [0.15, 0.2) is 5.13 Å². The van der Waals surface area contributed by atoms with Gasteiger partial charge in [-0.25, -0.2) is 4.98 Å². The van der Waals surface area contributed by atoms with Crippen molar-refractivity contribution >= 4 is 44.4 Å². The summed E-state index contributed by atoms with van der Waals surface area (Å²) in [5.74, 6) is 0.776. The molecule has 0 saturated carbocycles. The van der Waals surface area contributed by atoms with Crippen molar-refractivity contribution in [1.29, 1.82) is 0 Å². The standard InChI is InChI=1S/C14H17ClN4S2/c1-18-3-2-8-5-19(6-10(8)18)13-12(17-14(16)21-13)11-4-9(15)7-20-11/h4,7-8,10H,2-3,5-6H2,1H3,(H2,16,17). The Morgan fingerprint density at radius 2 is 2.29 bits per heavy atom. The molecule has 2 aliphatic heterocycles. The Morgan fingerprint density at radius 3 is 3.00 bits per heavy atom. The van der Waals surface area contributed by atoms with E-state index in [1.807, 2.05) is 11.4 Å². The van der Waals surface area contributed by atoms with Gasteiger partial charge in [-0.3, -0.25) is 0 Å². The Bertz CT molecular complexity index is 668. The van der Waals surface area contributed by atoms with E-state index in [0.29, 0.717) is 11.2 Å². The predicted octanol–water partition coefficient (Wildman–Crippen LogP) is 3.25. The summed E-state index contributed by atoms with van der Waals surface area (Å²) >= 11 is 9.28. The molecule has 2 atom stereocenters. The lowest BCUT2D eigenvalue weighted by Crippen LogP contribution is -2.31. The highest BCUT2D eigenvalue weighted by atomic mass is 35.5. The number of thiophene rings is 1. The number of thiazole rings is 1. The smallest absolute Gasteiger partial charge is 0.182 e. The topological polar surface area (TPSA) is 45.4 Å². The lowest BCUT2D eigenvalue weighted by molar-refractivity contribution is 0.310. The van der Waals surface area contributed by atoms with Crippen LogP contribution in [-0.2, 0) is 0 Å². The van der Waals surface area contributed by atoms with Gasteiger partial charge in [0.05, 0.1) is 9.90 Å². The first-order chi connectivity index (χ1) is 10.1. The van der Waals surface area contributed by atoms with E-state index in [1.165, 1.54) is 18.0 Å². The van der Waals surface area contributed by atoms with Crippen LogP contribution in [0.15, 0.2) is 11.4 Å². The molecule has 0 bridgehead atoms. The first-order valence-corrected chi connectivity index (χ1v) is 9.15. The summed E-state index contributed by atoms with van der Waals surface area (Å²) in [5.41, 5.74) is 6.97. The lowest BCUT2D eigenvalue weighted by Gasteiger charge is -2.21. The van der Waals surface area contributed by atoms with Crippen molar-refractivity contribution in [2.24, 2.45) is 5.92 Å². The van der Waals surface area contributed by atoms with Crippen LogP contribution >= 0.6 is 34.3 Å². The van der Waals surface area contributed by atoms with E-state index < -0.39 is 0 Å². The maximum Gasteiger partial charge on any atom is 0.182 e. The molecule has 2 aliphatic rings. The number of aromatic nitrogens is 1. The Labute approximate surface area is 137 Å². The number of nitrogens with zero attached hydrogens (tertiary/aromatic N) is 3. The van der Waals surface area contributed by atoms with Crippen molar-refractivity contribution in [3.8, 4) is 10.6 Å². The fourth-order valence-electron chi connectivity index (χ4n) is 3.48. The van der Waals surface area contributed by atoms with Crippen LogP contribution < -0.4 is 10.6 Å². The highest BCUT2D eigenvalue weighted by molar-refractivity contribution is 7.20. The number of anilines is 2. The van der Waals surface area contributed by atoms with Gasteiger partial charge in [-0.05, 0) is 32.0 Å². The summed E-state index contributed by atoms with van der Waals surface area (Å²) < 4.78 is 0. The van der Waals surface area contributed by atoms with Gasteiger partial charge in [0.1, 0.15) is 10.7 Å². The van der Waals surface area contributed by atoms with Gasteiger partial charge in [0.2, 0.25) is 0 Å². The highest BCUT2D eigenvalue weighted by Gasteiger charge is 2.40. The van der Waals surface area contributed by atoms with E-state index in [-0.39, 0.29) is 0 Å². The van der Waals surface area contributed by atoms with E-state index in [4.69, 9.17) is 17.3 Å². The minimum absolute atomic E-state index is 0.634. The van der Waals surface area contributed by atoms with Gasteiger partial charge in [0, 0.05) is 24.5 Å². The number of fused-ring (bicyclic) bond motifs is 1. The molecule has 2 aromatic rings. The minimum atomic E-state index is 0.634. The molecule has 0 amide bonds. The molecule has 2 N–H and O–H groups in total. The molecule has 0 spiro atoms. The second kappa shape index (κ2) is 5.12. The van der Waals surface area contributed by atoms with E-state index in [0.717, 1.165) is 34.6 Å². The van der Waals surface area contributed by atoms with Gasteiger partial charge < -0.3 is 15.5 Å². The Kier molecular flexibility index (Phi) is 3.37. The van der Waals surface area contributed by atoms with Crippen molar-refractivity contribution < 1.29 is 0 Å². The molecular weight excluding hydrogens is 324 g/mol. The number of likely N-dealkylation sites (N-methyl/N-ethyl adjacent to an activating group) is 1. The normalized spacial score (nSPS) is 25.7. The number of halogens is 1. The summed E-state index contributed by atoms with van der Waals surface area (Å²) in [7, 11) is 2.23. The molecule has 2 fully saturated rings. The first kappa shape index (κ1) is 13.8. The number of hydrogen-bond donors (Lipinski definition) is 1. The van der Waals surface area contributed by atoms with E-state index in [2.05, 4.69) is 21.8 Å². The monoisotopic (exact) mass is 340 g/mol. The Hall–Kier alpha value is -0.820. The quantitative estimate of drug-likeness (QED) is 0.911. The predicted molar refractivity (Wildman–Crippen MR) is 91.6 cm³/mol. The Balaban J connectivity index is 1.67. The molecule has 112 valence electrons. The second-order valence-corrected chi connectivity index (χ2v) is 8.19. The Morgan fingerprint density at radius 1 is 1.43 bits per heavy atom. The number of nitrogen functional groups attached to an aromatic ring is 1. The zero-order chi connectivity index (χ0) is 14.6. The van der Waals surface area contributed by atoms with Crippen LogP contribution in [0, 0.1) is 5.92 Å². The van der Waals surface area contributed by atoms with Gasteiger partial charge in [0.25, 0.3) is 0 Å². The fourth-order valence-corrected chi connectivity index (χ4v) is 5.47. The molecule has 0 aromatic carbocycles. The summed E-state index contributed by atoms with van der Waals surface area (Å²) in [6, 6.07) is 2.65. The van der Waals surface area contributed by atoms with Crippen LogP contribution in [-0.4, -0.2) is 42.6 Å². The zero-order valence-electron chi connectivity index (χ0n) is 11.8. The average Bonchev–Trinajstić information content (AvgIpc) is 3.16. The molecule has 2 saturated heterocycles. The van der Waals surface area contributed by atoms with Gasteiger partial charge in [-0.2, -0.15) is 0 Å². The number of rotatable bonds is 2. The minimum Gasteiger partial charge on any atom is -0.375 e. The number of hydrogen-bond acceptors (Lipinski definition) is 6. The largest absolute Gasteiger partial charge is 0.375 e. The summed E-state index contributed by atoms with van der Waals surface area (Å²) in [5, 5.41) is 4.55. The first-order valence-electron chi connectivity index (χ1n) is 7.07. The third-order valence-electron chi connectivity index (χ3n) is 4.54. The van der Waals surface area contributed by atoms with Crippen LogP contribution in [0.3, 0.4) is 0 Å². The molecule has 21 heavy (non-hydrogen) atoms. The maximum atomic E-state index is 6.06. The second-order valence-electron chi connectivity index (χ2n) is 5.84. The molecule has 4 nitrogen and oxygen atoms in total. The third kappa shape index (κ3) is 2.34. The molecule has 2 aromatic heterocycles. The van der Waals surface area contributed by atoms with Crippen LogP contribution in [0.5, 0.6) is 0 Å². The molecular formula is C14H17ClN4S2. The van der Waals surface area contributed by atoms with E-state index >= 15 is 0 Å². The van der Waals surface area contributed by atoms with Crippen LogP contribution in [0.1, 0.15) is 6.42 Å². The van der Waals surface area contributed by atoms with Gasteiger partial charge >= 0.3 is 0 Å². The summed E-state index contributed by atoms with van der Waals surface area (Å²) in [4.78, 5) is 10.6. The fraction of sp³-hybridized carbons (Fsp3) is 0.500. The number of likely N-dealkylation sites (tertiary alicyclic amines) is 1. The van der Waals surface area contributed by atoms with Gasteiger partial charge in [-0.15, -0.1) is 11.3 Å². The average molecular weight is 341 g/mol. The van der Waals surface area contributed by atoms with Crippen LogP contribution in [0.25, 0.3) is 10.6 Å². The van der Waals surface area contributed by atoms with Crippen molar-refractivity contribution in [3.63, 3.8) is 0 Å². The SMILES string of the molecule is CN1CCC2CN(c3sc(N)nc3-c3cc(Cl)cs3)CC21. The zero-order valence-corrected chi connectivity index (χ0v) is 14.1. The van der Waals surface area contributed by atoms with Crippen LogP contribution in [0.4, 0.5) is 10.1 Å². The molecule has 2 unspecified atom stereocenters. The lowest BCUT2D eigenvalue weighted by atomic mass is 10.1. The highest BCUT2D eigenvalue weighted by Crippen LogP contribution is 2.44. The summed E-state index contributed by atoms with van der Waals surface area (Å²) in [6.07, 6.45) is 1.30. The summed E-state index contributed by atoms with van der Waals surface area (Å²) in [6.45, 7) is 3.42. The van der Waals surface area contributed by atoms with Crippen molar-refractivity contribution in [2.45, 2.75) is 12.5 Å². The van der Waals surface area contributed by atoms with Crippen molar-refractivity contribution in [3.05, 3.63) is 16.5 Å². The molecule has 4 rings (SSSR count). The van der Waals surface area contributed by atoms with Crippen LogP contribution in [0.2, 0.25) is 5.02 Å². The van der Waals surface area contributed by atoms with Crippen molar-refractivity contribution in [1.82, 2.24) is 9.88 Å². The number of nitrogens with two attached hydrogens (primary N) is 1. The van der Waals surface area contributed by atoms with E-state index in [9.17, 15) is 0 Å². The molecule has 0 aliphatic carbocycles. The third-order valence-corrected chi connectivity index (χ3v) is 6.77. The molecule has 0 radical (unpaired) electrons.